The molecule has 0 saturated heterocycles. The Kier molecular flexibility index (Phi) is 4.72. The molecular formula is C15H23NO. The quantitative estimate of drug-likeness (QED) is 0.768. The van der Waals surface area contributed by atoms with E-state index in [1.807, 2.05) is 12.1 Å². The zero-order valence-electron chi connectivity index (χ0n) is 10.5. The Labute approximate surface area is 104 Å². The predicted octanol–water partition coefficient (Wildman–Crippen LogP) is 4.16. The van der Waals surface area contributed by atoms with E-state index in [1.54, 1.807) is 12.1 Å². The van der Waals surface area contributed by atoms with E-state index in [0.29, 0.717) is 5.75 Å². The van der Waals surface area contributed by atoms with Crippen LogP contribution in [0.25, 0.3) is 0 Å². The third-order valence-corrected chi connectivity index (χ3v) is 3.69. The molecule has 0 amide bonds. The summed E-state index contributed by atoms with van der Waals surface area (Å²) in [5, 5.41) is 12.7. The van der Waals surface area contributed by atoms with Crippen LogP contribution in [0.4, 0.5) is 5.69 Å². The Morgan fingerprint density at radius 2 is 1.53 bits per heavy atom. The Bertz CT molecular complexity index is 312. The molecule has 94 valence electrons. The van der Waals surface area contributed by atoms with Gasteiger partial charge in [0, 0.05) is 12.2 Å². The van der Waals surface area contributed by atoms with Gasteiger partial charge in [-0.05, 0) is 43.0 Å². The number of phenols is 1. The number of hydrogen-bond donors (Lipinski definition) is 2. The van der Waals surface area contributed by atoms with Gasteiger partial charge in [-0.1, -0.05) is 32.1 Å². The molecule has 0 aliphatic heterocycles. The molecular weight excluding hydrogens is 210 g/mol. The van der Waals surface area contributed by atoms with Crippen LogP contribution in [0.5, 0.6) is 5.75 Å². The summed E-state index contributed by atoms with van der Waals surface area (Å²) in [6.07, 6.45) is 9.77. The fraction of sp³-hybridized carbons (Fsp3) is 0.600. The highest BCUT2D eigenvalue weighted by Crippen LogP contribution is 2.23. The monoisotopic (exact) mass is 233 g/mol. The Hall–Kier alpha value is -1.18. The minimum absolute atomic E-state index is 0.335. The van der Waals surface area contributed by atoms with Crippen LogP contribution in [0.1, 0.15) is 44.9 Å². The van der Waals surface area contributed by atoms with Crippen molar-refractivity contribution in [3.63, 3.8) is 0 Å². The second kappa shape index (κ2) is 6.53. The fourth-order valence-corrected chi connectivity index (χ4v) is 2.59. The van der Waals surface area contributed by atoms with Gasteiger partial charge in [0.15, 0.2) is 0 Å². The van der Waals surface area contributed by atoms with Crippen molar-refractivity contribution in [3.05, 3.63) is 24.3 Å². The minimum Gasteiger partial charge on any atom is -0.508 e. The molecule has 0 radical (unpaired) electrons. The largest absolute Gasteiger partial charge is 0.508 e. The molecule has 1 aliphatic carbocycles. The molecule has 2 rings (SSSR count). The van der Waals surface area contributed by atoms with Crippen LogP contribution >= 0.6 is 0 Å². The highest BCUT2D eigenvalue weighted by Gasteiger charge is 2.10. The molecule has 0 heterocycles. The summed E-state index contributed by atoms with van der Waals surface area (Å²) in [4.78, 5) is 0. The minimum atomic E-state index is 0.335. The van der Waals surface area contributed by atoms with E-state index in [1.165, 1.54) is 44.9 Å². The Balaban J connectivity index is 1.77. The Morgan fingerprint density at radius 1 is 0.941 bits per heavy atom. The average Bonchev–Trinajstić information content (AvgIpc) is 2.30. The van der Waals surface area contributed by atoms with Crippen LogP contribution in [-0.2, 0) is 0 Å². The topological polar surface area (TPSA) is 32.3 Å². The van der Waals surface area contributed by atoms with Gasteiger partial charge in [0.2, 0.25) is 0 Å². The molecule has 1 saturated carbocycles. The number of aromatic hydroxyl groups is 1. The number of hydrogen-bond acceptors (Lipinski definition) is 2. The number of anilines is 1. The van der Waals surface area contributed by atoms with Gasteiger partial charge in [0.25, 0.3) is 0 Å². The average molecular weight is 233 g/mol. The maximum Gasteiger partial charge on any atom is 0.115 e. The lowest BCUT2D eigenvalue weighted by atomic mass is 9.91. The van der Waals surface area contributed by atoms with Gasteiger partial charge in [-0.3, -0.25) is 0 Å². The number of phenolic OH excluding ortho intramolecular Hbond substituents is 1. The van der Waals surface area contributed by atoms with E-state index in [0.717, 1.165) is 18.2 Å². The van der Waals surface area contributed by atoms with Gasteiger partial charge >= 0.3 is 0 Å². The lowest BCUT2D eigenvalue weighted by Crippen LogP contribution is -2.15. The molecule has 1 aliphatic rings. The first-order chi connectivity index (χ1) is 8.34. The second-order valence-electron chi connectivity index (χ2n) is 5.14. The highest BCUT2D eigenvalue weighted by atomic mass is 16.3. The first-order valence-electron chi connectivity index (χ1n) is 6.87. The number of rotatable bonds is 3. The van der Waals surface area contributed by atoms with Gasteiger partial charge < -0.3 is 10.4 Å². The van der Waals surface area contributed by atoms with E-state index < -0.39 is 0 Å². The van der Waals surface area contributed by atoms with E-state index in [9.17, 15) is 5.11 Å². The van der Waals surface area contributed by atoms with Crippen LogP contribution in [0.2, 0.25) is 0 Å². The molecule has 2 heteroatoms. The van der Waals surface area contributed by atoms with Gasteiger partial charge in [-0.2, -0.15) is 0 Å². The molecule has 0 aromatic heterocycles. The standard InChI is InChI=1S/C15H23NO/c17-15-10-8-14(9-11-15)16-12-13-6-4-2-1-3-5-7-13/h8-11,13,16-17H,1-7,12H2. The summed E-state index contributed by atoms with van der Waals surface area (Å²) in [6.45, 7) is 1.07. The number of benzene rings is 1. The van der Waals surface area contributed by atoms with Crippen molar-refractivity contribution in [1.82, 2.24) is 0 Å². The van der Waals surface area contributed by atoms with Crippen molar-refractivity contribution in [1.29, 1.82) is 0 Å². The van der Waals surface area contributed by atoms with Crippen LogP contribution in [-0.4, -0.2) is 11.7 Å². The lowest BCUT2D eigenvalue weighted by Gasteiger charge is -2.20. The fourth-order valence-electron chi connectivity index (χ4n) is 2.59. The van der Waals surface area contributed by atoms with Crippen molar-refractivity contribution in [2.75, 3.05) is 11.9 Å². The van der Waals surface area contributed by atoms with Crippen LogP contribution < -0.4 is 5.32 Å². The molecule has 2 N–H and O–H groups in total. The molecule has 1 fully saturated rings. The van der Waals surface area contributed by atoms with Crippen molar-refractivity contribution >= 4 is 5.69 Å². The van der Waals surface area contributed by atoms with E-state index in [4.69, 9.17) is 0 Å². The first kappa shape index (κ1) is 12.3. The summed E-state index contributed by atoms with van der Waals surface area (Å²) in [5.41, 5.74) is 1.12. The summed E-state index contributed by atoms with van der Waals surface area (Å²) in [5.74, 6) is 1.16. The molecule has 0 spiro atoms. The van der Waals surface area contributed by atoms with Gasteiger partial charge in [0.05, 0.1) is 0 Å². The third kappa shape index (κ3) is 4.29. The highest BCUT2D eigenvalue weighted by molar-refractivity contribution is 5.45. The zero-order chi connectivity index (χ0) is 11.9. The summed E-state index contributed by atoms with van der Waals surface area (Å²) < 4.78 is 0. The van der Waals surface area contributed by atoms with Gasteiger partial charge in [-0.15, -0.1) is 0 Å². The van der Waals surface area contributed by atoms with E-state index in [-0.39, 0.29) is 0 Å². The third-order valence-electron chi connectivity index (χ3n) is 3.69. The Morgan fingerprint density at radius 3 is 2.18 bits per heavy atom. The van der Waals surface area contributed by atoms with Crippen LogP contribution in [0.15, 0.2) is 24.3 Å². The molecule has 17 heavy (non-hydrogen) atoms. The zero-order valence-corrected chi connectivity index (χ0v) is 10.5. The van der Waals surface area contributed by atoms with Gasteiger partial charge in [0.1, 0.15) is 5.75 Å². The van der Waals surface area contributed by atoms with Crippen molar-refractivity contribution in [2.24, 2.45) is 5.92 Å². The summed E-state index contributed by atoms with van der Waals surface area (Å²) in [6, 6.07) is 7.36. The van der Waals surface area contributed by atoms with Crippen LogP contribution in [0, 0.1) is 5.92 Å². The molecule has 0 atom stereocenters. The van der Waals surface area contributed by atoms with Crippen LogP contribution in [0.3, 0.4) is 0 Å². The van der Waals surface area contributed by atoms with Crippen molar-refractivity contribution < 1.29 is 5.11 Å². The first-order valence-corrected chi connectivity index (χ1v) is 6.87. The smallest absolute Gasteiger partial charge is 0.115 e. The maximum absolute atomic E-state index is 9.21. The van der Waals surface area contributed by atoms with Gasteiger partial charge in [-0.25, -0.2) is 0 Å². The van der Waals surface area contributed by atoms with E-state index >= 15 is 0 Å². The second-order valence-corrected chi connectivity index (χ2v) is 5.14. The maximum atomic E-state index is 9.21. The number of nitrogens with one attached hydrogen (secondary N) is 1. The molecule has 2 nitrogen and oxygen atoms in total. The molecule has 1 aromatic carbocycles. The predicted molar refractivity (Wildman–Crippen MR) is 72.4 cm³/mol. The lowest BCUT2D eigenvalue weighted by molar-refractivity contribution is 0.392. The summed E-state index contributed by atoms with van der Waals surface area (Å²) in [7, 11) is 0. The van der Waals surface area contributed by atoms with E-state index in [2.05, 4.69) is 5.32 Å². The molecule has 1 aromatic rings. The SMILES string of the molecule is Oc1ccc(NCC2CCCCCCC2)cc1. The molecule has 0 unspecified atom stereocenters. The molecule has 0 bridgehead atoms. The summed E-state index contributed by atoms with van der Waals surface area (Å²) >= 11 is 0. The van der Waals surface area contributed by atoms with Crippen molar-refractivity contribution in [3.8, 4) is 5.75 Å². The van der Waals surface area contributed by atoms with Crippen molar-refractivity contribution in [2.45, 2.75) is 44.9 Å². The normalized spacial score (nSPS) is 18.4.